The molecule has 3 N–H and O–H groups in total. The molecule has 2 aromatic rings. The molecule has 1 atom stereocenters. The molecule has 0 radical (unpaired) electrons. The number of rotatable bonds is 9. The number of anilines is 1. The summed E-state index contributed by atoms with van der Waals surface area (Å²) in [5.74, 6) is -1.23. The van der Waals surface area contributed by atoms with Crippen molar-refractivity contribution in [3.8, 4) is 0 Å². The van der Waals surface area contributed by atoms with Gasteiger partial charge >= 0.3 is 6.18 Å². The molecular weight excluding hydrogens is 444 g/mol. The lowest BCUT2D eigenvalue weighted by Gasteiger charge is -2.20. The van der Waals surface area contributed by atoms with Crippen LogP contribution in [-0.2, 0) is 27.3 Å². The van der Waals surface area contributed by atoms with E-state index in [1.165, 1.54) is 28.1 Å². The lowest BCUT2D eigenvalue weighted by atomic mass is 9.96. The molecular formula is C22H26F4N4O3. The fourth-order valence-electron chi connectivity index (χ4n) is 3.38. The second-order valence-electron chi connectivity index (χ2n) is 7.05. The van der Waals surface area contributed by atoms with Crippen LogP contribution in [0.5, 0.6) is 0 Å². The molecule has 1 amide bonds. The number of nitrogens with one attached hydrogen (secondary N) is 3. The van der Waals surface area contributed by atoms with E-state index in [0.717, 1.165) is 11.6 Å². The average Bonchev–Trinajstić information content (AvgIpc) is 2.76. The van der Waals surface area contributed by atoms with Crippen molar-refractivity contribution >= 4 is 17.3 Å². The first-order valence-electron chi connectivity index (χ1n) is 9.89. The fourth-order valence-corrected chi connectivity index (χ4v) is 3.38. The Labute approximate surface area is 189 Å². The molecule has 2 aromatic carbocycles. The average molecular weight is 470 g/mol. The molecule has 1 unspecified atom stereocenters. The number of likely N-dealkylation sites (N-methyl/N-ethyl adjacent to an activating group) is 1. The van der Waals surface area contributed by atoms with Crippen molar-refractivity contribution in [3.63, 3.8) is 0 Å². The standard InChI is InChI=1S/C22H26F4N4O3/c1-12-7-6-8-14(19(30-32-5)21(31)28-4)15(12)11-33-29-13(2)18-17(23)10-9-16(20(18)27-3)22(24,25)26/h6-10,19,27,30H,11H2,1-5H3,(H,28,31)/b29-13+. The predicted molar refractivity (Wildman–Crippen MR) is 116 cm³/mol. The molecule has 0 aliphatic carbocycles. The Bertz CT molecular complexity index is 1030. The molecule has 0 saturated heterocycles. The summed E-state index contributed by atoms with van der Waals surface area (Å²) in [5.41, 5.74) is 2.69. The number of aryl methyl sites for hydroxylation is 1. The Morgan fingerprint density at radius 2 is 1.88 bits per heavy atom. The zero-order chi connectivity index (χ0) is 24.8. The molecule has 33 heavy (non-hydrogen) atoms. The van der Waals surface area contributed by atoms with E-state index >= 15 is 0 Å². The SMILES string of the molecule is CNC(=O)C(NOC)c1cccc(C)c1CO/N=C(\C)c1c(F)ccc(C(F)(F)F)c1NC. The van der Waals surface area contributed by atoms with Gasteiger partial charge < -0.3 is 20.3 Å². The van der Waals surface area contributed by atoms with Gasteiger partial charge in [0.2, 0.25) is 5.91 Å². The van der Waals surface area contributed by atoms with Crippen molar-refractivity contribution in [2.45, 2.75) is 32.7 Å². The van der Waals surface area contributed by atoms with E-state index in [0.29, 0.717) is 17.2 Å². The maximum atomic E-state index is 14.4. The van der Waals surface area contributed by atoms with Crippen LogP contribution in [0.15, 0.2) is 35.5 Å². The van der Waals surface area contributed by atoms with Crippen LogP contribution in [0, 0.1) is 12.7 Å². The quantitative estimate of drug-likeness (QED) is 0.292. The van der Waals surface area contributed by atoms with E-state index in [1.807, 2.05) is 0 Å². The van der Waals surface area contributed by atoms with Gasteiger partial charge in [0.15, 0.2) is 0 Å². The maximum Gasteiger partial charge on any atom is 0.418 e. The Hall–Kier alpha value is -3.18. The first-order valence-corrected chi connectivity index (χ1v) is 9.89. The summed E-state index contributed by atoms with van der Waals surface area (Å²) in [6, 6.07) is 5.83. The minimum Gasteiger partial charge on any atom is -0.391 e. The van der Waals surface area contributed by atoms with Gasteiger partial charge in [-0.25, -0.2) is 4.39 Å². The summed E-state index contributed by atoms with van der Waals surface area (Å²) in [6.07, 6.45) is -4.68. The third-order valence-electron chi connectivity index (χ3n) is 4.98. The third-order valence-corrected chi connectivity index (χ3v) is 4.98. The Kier molecular flexibility index (Phi) is 8.77. The molecule has 0 aliphatic rings. The van der Waals surface area contributed by atoms with Crippen LogP contribution in [0.3, 0.4) is 0 Å². The third kappa shape index (κ3) is 5.99. The maximum absolute atomic E-state index is 14.4. The van der Waals surface area contributed by atoms with Gasteiger partial charge in [-0.2, -0.15) is 18.7 Å². The van der Waals surface area contributed by atoms with Crippen LogP contribution >= 0.6 is 0 Å². The van der Waals surface area contributed by atoms with Gasteiger partial charge in [-0.05, 0) is 37.1 Å². The Morgan fingerprint density at radius 3 is 2.45 bits per heavy atom. The summed E-state index contributed by atoms with van der Waals surface area (Å²) < 4.78 is 54.4. The summed E-state index contributed by atoms with van der Waals surface area (Å²) in [6.45, 7) is 3.03. The number of hydroxylamine groups is 1. The first kappa shape index (κ1) is 26.1. The van der Waals surface area contributed by atoms with Gasteiger partial charge in [0.1, 0.15) is 18.5 Å². The topological polar surface area (TPSA) is 84.0 Å². The molecule has 0 spiro atoms. The number of carbonyl (C=O) groups is 1. The summed E-state index contributed by atoms with van der Waals surface area (Å²) >= 11 is 0. The number of benzene rings is 2. The molecule has 0 bridgehead atoms. The van der Waals surface area contributed by atoms with Gasteiger partial charge in [0, 0.05) is 19.7 Å². The van der Waals surface area contributed by atoms with Crippen molar-refractivity contribution in [1.82, 2.24) is 10.8 Å². The summed E-state index contributed by atoms with van der Waals surface area (Å²) in [4.78, 5) is 22.6. The molecule has 0 saturated carbocycles. The van der Waals surface area contributed by atoms with Crippen molar-refractivity contribution in [2.24, 2.45) is 5.16 Å². The molecule has 0 fully saturated rings. The normalized spacial score (nSPS) is 12.9. The van der Waals surface area contributed by atoms with Crippen molar-refractivity contribution in [1.29, 1.82) is 0 Å². The number of halogens is 4. The van der Waals surface area contributed by atoms with E-state index in [1.54, 1.807) is 25.1 Å². The molecule has 0 aromatic heterocycles. The minimum atomic E-state index is -4.68. The highest BCUT2D eigenvalue weighted by atomic mass is 19.4. The smallest absolute Gasteiger partial charge is 0.391 e. The highest BCUT2D eigenvalue weighted by Gasteiger charge is 2.35. The zero-order valence-electron chi connectivity index (χ0n) is 18.9. The van der Waals surface area contributed by atoms with Crippen LogP contribution in [-0.4, -0.2) is 32.8 Å². The van der Waals surface area contributed by atoms with Crippen LogP contribution in [0.1, 0.15) is 40.8 Å². The predicted octanol–water partition coefficient (Wildman–Crippen LogP) is 4.07. The molecule has 7 nitrogen and oxygen atoms in total. The monoisotopic (exact) mass is 470 g/mol. The second-order valence-corrected chi connectivity index (χ2v) is 7.05. The Morgan fingerprint density at radius 1 is 1.18 bits per heavy atom. The van der Waals surface area contributed by atoms with Crippen molar-refractivity contribution in [3.05, 3.63) is 64.0 Å². The number of alkyl halides is 3. The van der Waals surface area contributed by atoms with Gasteiger partial charge in [0.05, 0.1) is 29.6 Å². The van der Waals surface area contributed by atoms with Crippen LogP contribution in [0.2, 0.25) is 0 Å². The minimum absolute atomic E-state index is 0.0871. The summed E-state index contributed by atoms with van der Waals surface area (Å²) in [5, 5.41) is 8.79. The highest BCUT2D eigenvalue weighted by molar-refractivity contribution is 6.04. The molecule has 0 aliphatic heterocycles. The van der Waals surface area contributed by atoms with Crippen LogP contribution in [0.4, 0.5) is 23.2 Å². The largest absolute Gasteiger partial charge is 0.418 e. The van der Waals surface area contributed by atoms with E-state index in [9.17, 15) is 22.4 Å². The van der Waals surface area contributed by atoms with Gasteiger partial charge in [-0.3, -0.25) is 4.79 Å². The molecule has 2 rings (SSSR count). The molecule has 0 heterocycles. The number of amides is 1. The van der Waals surface area contributed by atoms with E-state index in [2.05, 4.69) is 21.3 Å². The Balaban J connectivity index is 2.39. The lowest BCUT2D eigenvalue weighted by Crippen LogP contribution is -2.36. The van der Waals surface area contributed by atoms with Crippen LogP contribution < -0.4 is 16.1 Å². The van der Waals surface area contributed by atoms with Crippen molar-refractivity contribution < 1.29 is 32.0 Å². The number of carbonyl (C=O) groups excluding carboxylic acids is 1. The van der Waals surface area contributed by atoms with Gasteiger partial charge in [0.25, 0.3) is 0 Å². The van der Waals surface area contributed by atoms with Crippen LogP contribution in [0.25, 0.3) is 0 Å². The molecule has 180 valence electrons. The van der Waals surface area contributed by atoms with Crippen molar-refractivity contribution in [2.75, 3.05) is 26.5 Å². The zero-order valence-corrected chi connectivity index (χ0v) is 18.9. The molecule has 11 heteroatoms. The highest BCUT2D eigenvalue weighted by Crippen LogP contribution is 2.37. The van der Waals surface area contributed by atoms with Gasteiger partial charge in [-0.1, -0.05) is 23.4 Å². The van der Waals surface area contributed by atoms with E-state index < -0.39 is 29.3 Å². The van der Waals surface area contributed by atoms with Gasteiger partial charge in [-0.15, -0.1) is 0 Å². The van der Waals surface area contributed by atoms with E-state index in [4.69, 9.17) is 9.68 Å². The fraction of sp³-hybridized carbons (Fsp3) is 0.364. The number of hydrogen-bond donors (Lipinski definition) is 3. The number of hydrogen-bond acceptors (Lipinski definition) is 6. The lowest BCUT2D eigenvalue weighted by molar-refractivity contribution is -0.137. The number of nitrogens with zero attached hydrogens (tertiary/aromatic N) is 1. The van der Waals surface area contributed by atoms with E-state index in [-0.39, 0.29) is 23.8 Å². The second kappa shape index (κ2) is 11.1. The summed E-state index contributed by atoms with van der Waals surface area (Å²) in [7, 11) is 4.12. The number of oxime groups is 1. The first-order chi connectivity index (χ1) is 15.6.